The lowest BCUT2D eigenvalue weighted by Gasteiger charge is -2.20. The van der Waals surface area contributed by atoms with Crippen molar-refractivity contribution >= 4 is 39.8 Å². The number of rotatable bonds is 6. The fourth-order valence-electron chi connectivity index (χ4n) is 5.15. The van der Waals surface area contributed by atoms with E-state index in [1.807, 2.05) is 44.2 Å². The van der Waals surface area contributed by atoms with Crippen molar-refractivity contribution in [3.05, 3.63) is 52.9 Å². The molecule has 1 N–H and O–H groups in total. The van der Waals surface area contributed by atoms with Crippen molar-refractivity contribution in [1.29, 1.82) is 5.41 Å². The van der Waals surface area contributed by atoms with E-state index in [-0.39, 0.29) is 17.3 Å². The van der Waals surface area contributed by atoms with E-state index in [1.54, 1.807) is 13.2 Å². The van der Waals surface area contributed by atoms with Crippen molar-refractivity contribution in [3.63, 3.8) is 0 Å². The quantitative estimate of drug-likeness (QED) is 0.498. The number of aryl methyl sites for hydroxylation is 1. The number of nitrogens with zero attached hydrogens (tertiary/aromatic N) is 4. The molecule has 7 nitrogen and oxygen atoms in total. The smallest absolute Gasteiger partial charge is 0.283 e. The number of amidine groups is 2. The Morgan fingerprint density at radius 3 is 2.63 bits per heavy atom. The van der Waals surface area contributed by atoms with Crippen LogP contribution in [0.25, 0.3) is 11.8 Å². The number of nitrogens with one attached hydrogen (secondary N) is 1. The number of hydrogen-bond acceptors (Lipinski definition) is 5. The van der Waals surface area contributed by atoms with Crippen LogP contribution in [-0.2, 0) is 4.79 Å². The van der Waals surface area contributed by atoms with Gasteiger partial charge in [0, 0.05) is 17.1 Å². The van der Waals surface area contributed by atoms with E-state index in [2.05, 4.69) is 14.7 Å². The van der Waals surface area contributed by atoms with Crippen molar-refractivity contribution < 1.29 is 9.53 Å². The van der Waals surface area contributed by atoms with E-state index < -0.39 is 0 Å². The van der Waals surface area contributed by atoms with Crippen molar-refractivity contribution in [2.24, 2.45) is 16.0 Å². The molecule has 2 aliphatic heterocycles. The third-order valence-electron chi connectivity index (χ3n) is 7.09. The molecule has 182 valence electrons. The molecule has 1 saturated carbocycles. The highest BCUT2D eigenvalue weighted by molar-refractivity contribution is 8.26. The fourth-order valence-corrected chi connectivity index (χ4v) is 6.05. The van der Waals surface area contributed by atoms with Crippen LogP contribution in [0.5, 0.6) is 5.75 Å². The van der Waals surface area contributed by atoms with Gasteiger partial charge in [-0.3, -0.25) is 10.2 Å². The topological polar surface area (TPSA) is 83.0 Å². The molecule has 1 aromatic carbocycles. The van der Waals surface area contributed by atoms with Crippen molar-refractivity contribution in [3.8, 4) is 11.4 Å². The number of thioether (sulfide) groups is 1. The zero-order chi connectivity index (χ0) is 24.5. The van der Waals surface area contributed by atoms with Gasteiger partial charge in [0.2, 0.25) is 5.17 Å². The first-order valence-corrected chi connectivity index (χ1v) is 13.1. The van der Waals surface area contributed by atoms with Gasteiger partial charge in [-0.05, 0) is 86.3 Å². The van der Waals surface area contributed by atoms with Gasteiger partial charge in [0.25, 0.3) is 5.91 Å². The summed E-state index contributed by atoms with van der Waals surface area (Å²) < 4.78 is 7.40. The highest BCUT2D eigenvalue weighted by Crippen LogP contribution is 2.33. The normalized spacial score (nSPS) is 19.7. The van der Waals surface area contributed by atoms with Gasteiger partial charge in [0.05, 0.1) is 12.7 Å². The number of benzene rings is 1. The lowest BCUT2D eigenvalue weighted by Crippen LogP contribution is -2.35. The Bertz CT molecular complexity index is 1250. The van der Waals surface area contributed by atoms with Gasteiger partial charge in [-0.15, -0.1) is 0 Å². The van der Waals surface area contributed by atoms with Gasteiger partial charge in [-0.25, -0.2) is 0 Å². The van der Waals surface area contributed by atoms with Gasteiger partial charge in [-0.2, -0.15) is 15.1 Å². The number of ether oxygens (including phenoxy) is 1. The Labute approximate surface area is 210 Å². The molecular weight excluding hydrogens is 458 g/mol. The van der Waals surface area contributed by atoms with E-state index in [0.717, 1.165) is 52.2 Å². The molecule has 1 amide bonds. The second-order valence-electron chi connectivity index (χ2n) is 9.42. The molecule has 5 rings (SSSR count). The van der Waals surface area contributed by atoms with Crippen LogP contribution in [-0.4, -0.2) is 38.6 Å². The molecular formula is C27H31N5O2S. The number of carbonyl (C=O) groups excluding carboxylic acids is 1. The van der Waals surface area contributed by atoms with Crippen LogP contribution in [0.15, 0.2) is 46.0 Å². The fraction of sp³-hybridized carbons (Fsp3) is 0.407. The maximum absolute atomic E-state index is 12.9. The molecule has 1 fully saturated rings. The summed E-state index contributed by atoms with van der Waals surface area (Å²) in [5, 5.41) is 16.4. The number of hydrazone groups is 1. The SMILES string of the molecule is COc1ccc(-n2c(C)cc(/C=C3/C(=N)N4N=C(CCC5CCCCC5)SC4=NC3=O)c2C)cc1. The minimum absolute atomic E-state index is 0.0921. The number of methoxy groups -OCH3 is 1. The molecule has 0 radical (unpaired) electrons. The van der Waals surface area contributed by atoms with E-state index in [9.17, 15) is 4.79 Å². The number of hydrogen-bond donors (Lipinski definition) is 1. The Morgan fingerprint density at radius 2 is 1.91 bits per heavy atom. The Hall–Kier alpha value is -3.13. The van der Waals surface area contributed by atoms with Crippen LogP contribution in [0.3, 0.4) is 0 Å². The number of fused-ring (bicyclic) bond motifs is 1. The Morgan fingerprint density at radius 1 is 1.17 bits per heavy atom. The molecule has 2 aromatic rings. The Kier molecular flexibility index (Phi) is 6.65. The van der Waals surface area contributed by atoms with Crippen molar-refractivity contribution in [2.45, 2.75) is 58.8 Å². The summed E-state index contributed by atoms with van der Waals surface area (Å²) in [6.45, 7) is 4.05. The van der Waals surface area contributed by atoms with Gasteiger partial charge in [0.1, 0.15) is 10.8 Å². The molecule has 8 heteroatoms. The third-order valence-corrected chi connectivity index (χ3v) is 8.06. The summed E-state index contributed by atoms with van der Waals surface area (Å²) >= 11 is 1.43. The molecule has 0 bridgehead atoms. The lowest BCUT2D eigenvalue weighted by atomic mass is 9.86. The molecule has 0 saturated heterocycles. The van der Waals surface area contributed by atoms with Crippen LogP contribution < -0.4 is 4.74 Å². The highest BCUT2D eigenvalue weighted by Gasteiger charge is 2.35. The molecule has 35 heavy (non-hydrogen) atoms. The molecule has 1 aliphatic carbocycles. The van der Waals surface area contributed by atoms with E-state index in [0.29, 0.717) is 5.17 Å². The molecule has 3 aliphatic rings. The molecule has 0 atom stereocenters. The first kappa shape index (κ1) is 23.6. The van der Waals surface area contributed by atoms with E-state index in [4.69, 9.17) is 10.1 Å². The summed E-state index contributed by atoms with van der Waals surface area (Å²) in [5.41, 5.74) is 4.19. The van der Waals surface area contributed by atoms with Gasteiger partial charge >= 0.3 is 0 Å². The predicted molar refractivity (Wildman–Crippen MR) is 143 cm³/mol. The lowest BCUT2D eigenvalue weighted by molar-refractivity contribution is -0.114. The summed E-state index contributed by atoms with van der Waals surface area (Å²) in [4.78, 5) is 17.2. The average molecular weight is 490 g/mol. The zero-order valence-corrected chi connectivity index (χ0v) is 21.3. The number of carbonyl (C=O) groups is 1. The standard InChI is InChI=1S/C27H31N5O2S/c1-17-15-20(18(2)31(17)21-10-12-22(34-3)13-11-21)16-23-25(28)32-27(29-26(23)33)35-24(30-32)14-9-19-7-5-4-6-8-19/h10-13,15-16,19,28H,4-9,14H2,1-3H3/b23-16-,28-25?. The van der Waals surface area contributed by atoms with Crippen LogP contribution in [0, 0.1) is 25.2 Å². The largest absolute Gasteiger partial charge is 0.497 e. The number of aliphatic imine (C=N–C) groups is 1. The van der Waals surface area contributed by atoms with Crippen LogP contribution >= 0.6 is 11.8 Å². The summed E-state index contributed by atoms with van der Waals surface area (Å²) in [6, 6.07) is 9.90. The second kappa shape index (κ2) is 9.85. The van der Waals surface area contributed by atoms with Crippen LogP contribution in [0.1, 0.15) is 61.9 Å². The second-order valence-corrected chi connectivity index (χ2v) is 10.5. The Balaban J connectivity index is 1.37. The maximum atomic E-state index is 12.9. The van der Waals surface area contributed by atoms with Crippen LogP contribution in [0.4, 0.5) is 0 Å². The maximum Gasteiger partial charge on any atom is 0.283 e. The molecule has 1 aromatic heterocycles. The zero-order valence-electron chi connectivity index (χ0n) is 20.5. The van der Waals surface area contributed by atoms with E-state index in [1.165, 1.54) is 48.9 Å². The van der Waals surface area contributed by atoms with Gasteiger partial charge in [-0.1, -0.05) is 32.1 Å². The first-order valence-electron chi connectivity index (χ1n) is 12.3. The van der Waals surface area contributed by atoms with Gasteiger partial charge in [0.15, 0.2) is 5.84 Å². The number of aromatic nitrogens is 1. The van der Waals surface area contributed by atoms with Gasteiger partial charge < -0.3 is 9.30 Å². The third kappa shape index (κ3) is 4.72. The summed E-state index contributed by atoms with van der Waals surface area (Å²) in [6.07, 6.45) is 10.4. The molecule has 0 unspecified atom stereocenters. The predicted octanol–water partition coefficient (Wildman–Crippen LogP) is 6.08. The minimum Gasteiger partial charge on any atom is -0.497 e. The molecule has 0 spiro atoms. The average Bonchev–Trinajstić information content (AvgIpc) is 3.40. The van der Waals surface area contributed by atoms with Crippen molar-refractivity contribution in [2.75, 3.05) is 7.11 Å². The first-order chi connectivity index (χ1) is 16.9. The minimum atomic E-state index is -0.383. The number of amides is 1. The summed E-state index contributed by atoms with van der Waals surface area (Å²) in [5.74, 6) is 1.28. The van der Waals surface area contributed by atoms with E-state index >= 15 is 0 Å². The van der Waals surface area contributed by atoms with Crippen molar-refractivity contribution in [1.82, 2.24) is 9.58 Å². The van der Waals surface area contributed by atoms with Crippen LogP contribution in [0.2, 0.25) is 0 Å². The monoisotopic (exact) mass is 489 g/mol. The molecule has 3 heterocycles. The highest BCUT2D eigenvalue weighted by atomic mass is 32.2. The summed E-state index contributed by atoms with van der Waals surface area (Å²) in [7, 11) is 1.65.